The Balaban J connectivity index is 2.11. The predicted molar refractivity (Wildman–Crippen MR) is 68.1 cm³/mol. The molecule has 3 unspecified atom stereocenters. The average molecular weight is 295 g/mol. The molecule has 0 aromatic rings. The Labute approximate surface area is 107 Å². The summed E-state index contributed by atoms with van der Waals surface area (Å²) in [5.74, 6) is 0.702. The van der Waals surface area contributed by atoms with Gasteiger partial charge in [0.2, 0.25) is 0 Å². The van der Waals surface area contributed by atoms with Crippen LogP contribution in [0.1, 0.15) is 26.7 Å². The van der Waals surface area contributed by atoms with Crippen molar-refractivity contribution in [2.24, 2.45) is 5.92 Å². The topological polar surface area (TPSA) is 27.7 Å². The third-order valence-electron chi connectivity index (χ3n) is 2.81. The van der Waals surface area contributed by atoms with Crippen molar-refractivity contribution in [3.63, 3.8) is 0 Å². The largest absolute Gasteiger partial charge is 0.382 e. The predicted octanol–water partition coefficient (Wildman–Crippen LogP) is 2.62. The summed E-state index contributed by atoms with van der Waals surface area (Å²) in [6.45, 7) is 6.56. The lowest BCUT2D eigenvalue weighted by Crippen LogP contribution is -2.51. The van der Waals surface area contributed by atoms with Crippen LogP contribution in [0.15, 0.2) is 0 Å². The normalized spacial score (nSPS) is 29.4. The molecule has 0 aliphatic heterocycles. The number of methoxy groups -OCH3 is 1. The second-order valence-corrected chi connectivity index (χ2v) is 5.85. The Morgan fingerprint density at radius 2 is 1.94 bits per heavy atom. The molecule has 0 amide bonds. The number of rotatable bonds is 8. The van der Waals surface area contributed by atoms with Crippen LogP contribution in [0.25, 0.3) is 0 Å². The Morgan fingerprint density at radius 1 is 1.19 bits per heavy atom. The zero-order valence-corrected chi connectivity index (χ0v) is 12.0. The van der Waals surface area contributed by atoms with Gasteiger partial charge in [-0.1, -0.05) is 29.8 Å². The smallest absolute Gasteiger partial charge is 0.0963 e. The number of ether oxygens (including phenoxy) is 3. The van der Waals surface area contributed by atoms with E-state index in [4.69, 9.17) is 14.2 Å². The van der Waals surface area contributed by atoms with Gasteiger partial charge in [0.05, 0.1) is 25.4 Å². The van der Waals surface area contributed by atoms with E-state index in [0.717, 1.165) is 19.4 Å². The molecule has 1 saturated carbocycles. The van der Waals surface area contributed by atoms with Gasteiger partial charge >= 0.3 is 0 Å². The Kier molecular flexibility index (Phi) is 6.89. The molecule has 0 heterocycles. The van der Waals surface area contributed by atoms with Crippen LogP contribution in [0.4, 0.5) is 0 Å². The third kappa shape index (κ3) is 4.70. The molecule has 0 radical (unpaired) electrons. The highest BCUT2D eigenvalue weighted by molar-refractivity contribution is 9.09. The SMILES string of the molecule is COCCOC1C(Br)CC1OCCC(C)C. The molecule has 0 saturated heterocycles. The van der Waals surface area contributed by atoms with Crippen LogP contribution in [-0.4, -0.2) is 44.0 Å². The van der Waals surface area contributed by atoms with Gasteiger partial charge in [-0.3, -0.25) is 0 Å². The van der Waals surface area contributed by atoms with Crippen LogP contribution in [0.3, 0.4) is 0 Å². The fraction of sp³-hybridized carbons (Fsp3) is 1.00. The van der Waals surface area contributed by atoms with Crippen LogP contribution in [0.2, 0.25) is 0 Å². The highest BCUT2D eigenvalue weighted by Gasteiger charge is 2.41. The van der Waals surface area contributed by atoms with Crippen LogP contribution < -0.4 is 0 Å². The zero-order chi connectivity index (χ0) is 12.0. The maximum absolute atomic E-state index is 5.81. The van der Waals surface area contributed by atoms with Gasteiger partial charge in [0.1, 0.15) is 0 Å². The first-order valence-corrected chi connectivity index (χ1v) is 6.93. The molecule has 96 valence electrons. The first-order valence-electron chi connectivity index (χ1n) is 6.01. The summed E-state index contributed by atoms with van der Waals surface area (Å²) in [5.41, 5.74) is 0. The van der Waals surface area contributed by atoms with Crippen molar-refractivity contribution in [2.45, 2.75) is 43.7 Å². The highest BCUT2D eigenvalue weighted by Crippen LogP contribution is 2.33. The van der Waals surface area contributed by atoms with Crippen LogP contribution in [0.5, 0.6) is 0 Å². The molecule has 0 spiro atoms. The van der Waals surface area contributed by atoms with E-state index >= 15 is 0 Å². The lowest BCUT2D eigenvalue weighted by atomic mass is 9.91. The van der Waals surface area contributed by atoms with E-state index in [9.17, 15) is 0 Å². The molecule has 3 atom stereocenters. The number of halogens is 1. The van der Waals surface area contributed by atoms with Gasteiger partial charge in [0.15, 0.2) is 0 Å². The van der Waals surface area contributed by atoms with Crippen molar-refractivity contribution in [1.29, 1.82) is 0 Å². The zero-order valence-electron chi connectivity index (χ0n) is 10.4. The van der Waals surface area contributed by atoms with E-state index in [1.54, 1.807) is 7.11 Å². The quantitative estimate of drug-likeness (QED) is 0.509. The van der Waals surface area contributed by atoms with E-state index in [0.29, 0.717) is 24.0 Å². The lowest BCUT2D eigenvalue weighted by molar-refractivity contribution is -0.128. The van der Waals surface area contributed by atoms with Crippen molar-refractivity contribution in [2.75, 3.05) is 26.9 Å². The first-order chi connectivity index (χ1) is 7.65. The van der Waals surface area contributed by atoms with E-state index in [1.807, 2.05) is 0 Å². The minimum Gasteiger partial charge on any atom is -0.382 e. The fourth-order valence-corrected chi connectivity index (χ4v) is 2.49. The summed E-state index contributed by atoms with van der Waals surface area (Å²) >= 11 is 3.59. The number of alkyl halides is 1. The fourth-order valence-electron chi connectivity index (χ4n) is 1.62. The van der Waals surface area contributed by atoms with Crippen molar-refractivity contribution >= 4 is 15.9 Å². The highest BCUT2D eigenvalue weighted by atomic mass is 79.9. The molecule has 0 N–H and O–H groups in total. The maximum Gasteiger partial charge on any atom is 0.0963 e. The molecule has 1 rings (SSSR count). The first kappa shape index (κ1) is 14.4. The molecular formula is C12H23BrO3. The van der Waals surface area contributed by atoms with E-state index < -0.39 is 0 Å². The van der Waals surface area contributed by atoms with Gasteiger partial charge in [-0.05, 0) is 18.8 Å². The lowest BCUT2D eigenvalue weighted by Gasteiger charge is -2.41. The third-order valence-corrected chi connectivity index (χ3v) is 3.70. The van der Waals surface area contributed by atoms with Crippen LogP contribution in [0, 0.1) is 5.92 Å². The molecular weight excluding hydrogens is 272 g/mol. The minimum absolute atomic E-state index is 0.197. The van der Waals surface area contributed by atoms with E-state index in [-0.39, 0.29) is 12.2 Å². The van der Waals surface area contributed by atoms with Gasteiger partial charge in [0, 0.05) is 18.5 Å². The molecule has 0 aromatic heterocycles. The molecule has 0 aromatic carbocycles. The Bertz CT molecular complexity index is 187. The summed E-state index contributed by atoms with van der Waals surface area (Å²) in [5, 5.41) is 0. The van der Waals surface area contributed by atoms with Gasteiger partial charge < -0.3 is 14.2 Å². The minimum atomic E-state index is 0.197. The summed E-state index contributed by atoms with van der Waals surface area (Å²) in [4.78, 5) is 0.438. The molecule has 3 nitrogen and oxygen atoms in total. The van der Waals surface area contributed by atoms with E-state index in [2.05, 4.69) is 29.8 Å². The van der Waals surface area contributed by atoms with Crippen molar-refractivity contribution in [1.82, 2.24) is 0 Å². The van der Waals surface area contributed by atoms with Gasteiger partial charge in [-0.25, -0.2) is 0 Å². The second kappa shape index (κ2) is 7.64. The molecule has 0 bridgehead atoms. The number of hydrogen-bond acceptors (Lipinski definition) is 3. The van der Waals surface area contributed by atoms with Gasteiger partial charge in [0.25, 0.3) is 0 Å². The van der Waals surface area contributed by atoms with Crippen LogP contribution in [-0.2, 0) is 14.2 Å². The summed E-state index contributed by atoms with van der Waals surface area (Å²) in [6.07, 6.45) is 2.63. The molecule has 16 heavy (non-hydrogen) atoms. The Morgan fingerprint density at radius 3 is 2.50 bits per heavy atom. The van der Waals surface area contributed by atoms with Crippen molar-refractivity contribution in [3.8, 4) is 0 Å². The second-order valence-electron chi connectivity index (χ2n) is 4.67. The standard InChI is InChI=1S/C12H23BrO3/c1-9(2)4-5-15-11-8-10(13)12(11)16-7-6-14-3/h9-12H,4-8H2,1-3H3. The Hall–Kier alpha value is 0.360. The number of hydrogen-bond donors (Lipinski definition) is 0. The van der Waals surface area contributed by atoms with E-state index in [1.165, 1.54) is 0 Å². The summed E-state index contributed by atoms with van der Waals surface area (Å²) in [6, 6.07) is 0. The maximum atomic E-state index is 5.81. The van der Waals surface area contributed by atoms with Crippen LogP contribution >= 0.6 is 15.9 Å². The monoisotopic (exact) mass is 294 g/mol. The molecule has 1 fully saturated rings. The average Bonchev–Trinajstić information content (AvgIpc) is 2.22. The molecule has 1 aliphatic rings. The molecule has 4 heteroatoms. The summed E-state index contributed by atoms with van der Waals surface area (Å²) in [7, 11) is 1.69. The van der Waals surface area contributed by atoms with Gasteiger partial charge in [-0.2, -0.15) is 0 Å². The summed E-state index contributed by atoms with van der Waals surface area (Å²) < 4.78 is 16.5. The van der Waals surface area contributed by atoms with Crippen molar-refractivity contribution in [3.05, 3.63) is 0 Å². The van der Waals surface area contributed by atoms with Crippen molar-refractivity contribution < 1.29 is 14.2 Å². The molecule has 1 aliphatic carbocycles. The van der Waals surface area contributed by atoms with Gasteiger partial charge in [-0.15, -0.1) is 0 Å².